The number of aromatic hydroxyl groups is 1. The highest BCUT2D eigenvalue weighted by molar-refractivity contribution is 5.40. The van der Waals surface area contributed by atoms with E-state index in [0.29, 0.717) is 5.92 Å². The molecule has 0 amide bonds. The fourth-order valence-electron chi connectivity index (χ4n) is 2.63. The molecule has 5 nitrogen and oxygen atoms in total. The van der Waals surface area contributed by atoms with Gasteiger partial charge in [0.15, 0.2) is 11.5 Å². The molecule has 1 aliphatic heterocycles. The molecule has 0 spiro atoms. The number of hydrogen-bond acceptors (Lipinski definition) is 4. The average Bonchev–Trinajstić information content (AvgIpc) is 2.95. The first-order chi connectivity index (χ1) is 8.74. The molecule has 2 aromatic rings. The fourth-order valence-corrected chi connectivity index (χ4v) is 2.63. The molecule has 3 rings (SSSR count). The summed E-state index contributed by atoms with van der Waals surface area (Å²) in [5, 5.41) is 13.8. The molecule has 1 fully saturated rings. The lowest BCUT2D eigenvalue weighted by Crippen LogP contribution is -2.20. The van der Waals surface area contributed by atoms with Crippen LogP contribution in [0.4, 0.5) is 0 Å². The van der Waals surface area contributed by atoms with Crippen LogP contribution in [-0.4, -0.2) is 44.2 Å². The molecule has 1 saturated heterocycles. The highest BCUT2D eigenvalue weighted by Gasteiger charge is 2.22. The Labute approximate surface area is 106 Å². The predicted molar refractivity (Wildman–Crippen MR) is 68.6 cm³/mol. The molecule has 5 heteroatoms. The highest BCUT2D eigenvalue weighted by Crippen LogP contribution is 2.19. The van der Waals surface area contributed by atoms with Crippen molar-refractivity contribution in [3.8, 4) is 5.75 Å². The van der Waals surface area contributed by atoms with E-state index >= 15 is 0 Å². The Bertz CT molecular complexity index is 551. The van der Waals surface area contributed by atoms with Crippen LogP contribution < -0.4 is 0 Å². The van der Waals surface area contributed by atoms with Gasteiger partial charge in [0.25, 0.3) is 0 Å². The monoisotopic (exact) mass is 246 g/mol. The number of nitrogens with zero attached hydrogens (tertiary/aromatic N) is 4. The molecule has 0 bridgehead atoms. The van der Waals surface area contributed by atoms with Crippen molar-refractivity contribution < 1.29 is 5.11 Å². The van der Waals surface area contributed by atoms with E-state index < -0.39 is 0 Å². The minimum Gasteiger partial charge on any atom is -0.506 e. The smallest absolute Gasteiger partial charge is 0.155 e. The summed E-state index contributed by atoms with van der Waals surface area (Å²) in [4.78, 5) is 6.95. The predicted octanol–water partition coefficient (Wildman–Crippen LogP) is 1.32. The summed E-state index contributed by atoms with van der Waals surface area (Å²) in [6.45, 7) is 5.67. The molecule has 1 unspecified atom stereocenters. The Morgan fingerprint density at radius 3 is 3.11 bits per heavy atom. The minimum atomic E-state index is 0.219. The van der Waals surface area contributed by atoms with Crippen LogP contribution in [0, 0.1) is 5.92 Å². The third kappa shape index (κ3) is 2.18. The van der Waals surface area contributed by atoms with Crippen LogP contribution in [0.25, 0.3) is 5.65 Å². The van der Waals surface area contributed by atoms with Crippen LogP contribution >= 0.6 is 0 Å². The maximum absolute atomic E-state index is 9.40. The van der Waals surface area contributed by atoms with Gasteiger partial charge >= 0.3 is 0 Å². The first kappa shape index (κ1) is 11.5. The van der Waals surface area contributed by atoms with Gasteiger partial charge in [0.1, 0.15) is 5.75 Å². The average molecular weight is 246 g/mol. The number of likely N-dealkylation sites (tertiary alicyclic amines) is 1. The first-order valence-corrected chi connectivity index (χ1v) is 6.51. The summed E-state index contributed by atoms with van der Waals surface area (Å²) in [5.41, 5.74) is 0.799. The van der Waals surface area contributed by atoms with Crippen LogP contribution in [0.3, 0.4) is 0 Å². The van der Waals surface area contributed by atoms with Gasteiger partial charge in [-0.2, -0.15) is 5.10 Å². The Kier molecular flexibility index (Phi) is 2.91. The minimum absolute atomic E-state index is 0.219. The van der Waals surface area contributed by atoms with Crippen LogP contribution in [0.2, 0.25) is 0 Å². The molecule has 0 aromatic carbocycles. The Balaban J connectivity index is 1.75. The number of fused-ring (bicyclic) bond motifs is 1. The lowest BCUT2D eigenvalue weighted by molar-refractivity contribution is 0.341. The highest BCUT2D eigenvalue weighted by atomic mass is 16.3. The zero-order valence-electron chi connectivity index (χ0n) is 10.6. The SMILES string of the molecule is CCN1CCC(Cc2nc3ccc(O)cn3n2)C1. The summed E-state index contributed by atoms with van der Waals surface area (Å²) in [7, 11) is 0. The Morgan fingerprint density at radius 1 is 1.44 bits per heavy atom. The van der Waals surface area contributed by atoms with Gasteiger partial charge in [0.05, 0.1) is 6.20 Å². The van der Waals surface area contributed by atoms with Crippen molar-refractivity contribution in [2.45, 2.75) is 19.8 Å². The second kappa shape index (κ2) is 4.57. The van der Waals surface area contributed by atoms with Crippen LogP contribution in [-0.2, 0) is 6.42 Å². The van der Waals surface area contributed by atoms with E-state index in [1.54, 1.807) is 22.8 Å². The molecule has 2 aromatic heterocycles. The van der Waals surface area contributed by atoms with E-state index in [-0.39, 0.29) is 5.75 Å². The molecule has 1 N–H and O–H groups in total. The molecule has 96 valence electrons. The molecule has 3 heterocycles. The number of pyridine rings is 1. The van der Waals surface area contributed by atoms with Gasteiger partial charge in [-0.15, -0.1) is 0 Å². The Morgan fingerprint density at radius 2 is 2.33 bits per heavy atom. The van der Waals surface area contributed by atoms with Crippen molar-refractivity contribution in [3.05, 3.63) is 24.2 Å². The standard InChI is InChI=1S/C13H18N4O/c1-2-16-6-5-10(8-16)7-12-14-13-4-3-11(18)9-17(13)15-12/h3-4,9-10,18H,2,5-8H2,1H3. The molecule has 1 aliphatic rings. The van der Waals surface area contributed by atoms with Gasteiger partial charge < -0.3 is 10.0 Å². The number of hydrogen-bond donors (Lipinski definition) is 1. The quantitative estimate of drug-likeness (QED) is 0.887. The van der Waals surface area contributed by atoms with Crippen LogP contribution in [0.5, 0.6) is 5.75 Å². The van der Waals surface area contributed by atoms with E-state index in [4.69, 9.17) is 0 Å². The second-order valence-electron chi connectivity index (χ2n) is 4.97. The summed E-state index contributed by atoms with van der Waals surface area (Å²) in [6.07, 6.45) is 3.76. The molecule has 1 atom stereocenters. The molecule has 0 saturated carbocycles. The Hall–Kier alpha value is -1.62. The van der Waals surface area contributed by atoms with Crippen LogP contribution in [0.1, 0.15) is 19.2 Å². The molecular weight excluding hydrogens is 228 g/mol. The maximum atomic E-state index is 9.40. The summed E-state index contributed by atoms with van der Waals surface area (Å²) in [6, 6.07) is 3.43. The van der Waals surface area contributed by atoms with Crippen molar-refractivity contribution in [2.24, 2.45) is 5.92 Å². The van der Waals surface area contributed by atoms with E-state index in [1.165, 1.54) is 13.0 Å². The number of rotatable bonds is 3. The number of aromatic nitrogens is 3. The van der Waals surface area contributed by atoms with Gasteiger partial charge in [-0.3, -0.25) is 0 Å². The van der Waals surface area contributed by atoms with Gasteiger partial charge in [0.2, 0.25) is 0 Å². The van der Waals surface area contributed by atoms with Crippen LogP contribution in [0.15, 0.2) is 18.3 Å². The van der Waals surface area contributed by atoms with E-state index in [2.05, 4.69) is 21.9 Å². The van der Waals surface area contributed by atoms with E-state index in [9.17, 15) is 5.11 Å². The topological polar surface area (TPSA) is 53.7 Å². The van der Waals surface area contributed by atoms with Crippen molar-refractivity contribution in [3.63, 3.8) is 0 Å². The molecular formula is C13H18N4O. The van der Waals surface area contributed by atoms with E-state index in [0.717, 1.165) is 31.0 Å². The van der Waals surface area contributed by atoms with Crippen molar-refractivity contribution in [2.75, 3.05) is 19.6 Å². The van der Waals surface area contributed by atoms with Gasteiger partial charge in [-0.1, -0.05) is 6.92 Å². The third-order valence-electron chi connectivity index (χ3n) is 3.65. The lowest BCUT2D eigenvalue weighted by Gasteiger charge is -2.11. The summed E-state index contributed by atoms with van der Waals surface area (Å²) < 4.78 is 1.65. The van der Waals surface area contributed by atoms with Crippen molar-refractivity contribution >= 4 is 5.65 Å². The van der Waals surface area contributed by atoms with Crippen molar-refractivity contribution in [1.29, 1.82) is 0 Å². The summed E-state index contributed by atoms with van der Waals surface area (Å²) >= 11 is 0. The fraction of sp³-hybridized carbons (Fsp3) is 0.538. The molecule has 18 heavy (non-hydrogen) atoms. The van der Waals surface area contributed by atoms with Gasteiger partial charge in [-0.25, -0.2) is 9.50 Å². The third-order valence-corrected chi connectivity index (χ3v) is 3.65. The summed E-state index contributed by atoms with van der Waals surface area (Å²) in [5.74, 6) is 1.76. The maximum Gasteiger partial charge on any atom is 0.155 e. The van der Waals surface area contributed by atoms with Gasteiger partial charge in [-0.05, 0) is 37.6 Å². The van der Waals surface area contributed by atoms with E-state index in [1.807, 2.05) is 0 Å². The first-order valence-electron chi connectivity index (χ1n) is 6.51. The largest absolute Gasteiger partial charge is 0.506 e. The normalized spacial score (nSPS) is 20.8. The van der Waals surface area contributed by atoms with Gasteiger partial charge in [0, 0.05) is 13.0 Å². The molecule has 0 aliphatic carbocycles. The zero-order valence-corrected chi connectivity index (χ0v) is 10.6. The van der Waals surface area contributed by atoms with Crippen molar-refractivity contribution in [1.82, 2.24) is 19.5 Å². The second-order valence-corrected chi connectivity index (χ2v) is 4.97. The lowest BCUT2D eigenvalue weighted by atomic mass is 10.1. The zero-order chi connectivity index (χ0) is 12.5. The molecule has 0 radical (unpaired) electrons.